The summed E-state index contributed by atoms with van der Waals surface area (Å²) in [6.45, 7) is 0.555. The van der Waals surface area contributed by atoms with Crippen molar-refractivity contribution in [2.24, 2.45) is 5.73 Å². The molecular formula is C14H20N2O4S. The average Bonchev–Trinajstić information content (AvgIpc) is 2.79. The number of primary amides is 1. The monoisotopic (exact) mass is 312 g/mol. The van der Waals surface area contributed by atoms with Crippen LogP contribution in [0.3, 0.4) is 0 Å². The zero-order valence-electron chi connectivity index (χ0n) is 12.0. The van der Waals surface area contributed by atoms with E-state index < -0.39 is 15.7 Å². The van der Waals surface area contributed by atoms with Gasteiger partial charge < -0.3 is 10.5 Å². The van der Waals surface area contributed by atoms with E-state index in [1.807, 2.05) is 29.2 Å². The van der Waals surface area contributed by atoms with Gasteiger partial charge in [-0.15, -0.1) is 0 Å². The van der Waals surface area contributed by atoms with Crippen LogP contribution in [0.2, 0.25) is 0 Å². The second-order valence-corrected chi connectivity index (χ2v) is 7.50. The van der Waals surface area contributed by atoms with E-state index >= 15 is 0 Å². The number of carbonyl (C=O) groups excluding carboxylic acids is 1. The fourth-order valence-electron chi connectivity index (χ4n) is 2.54. The van der Waals surface area contributed by atoms with Gasteiger partial charge in [0.25, 0.3) is 0 Å². The van der Waals surface area contributed by atoms with Crippen LogP contribution in [-0.2, 0) is 21.2 Å². The van der Waals surface area contributed by atoms with Gasteiger partial charge in [-0.1, -0.05) is 12.1 Å². The second-order valence-electron chi connectivity index (χ2n) is 5.28. The highest BCUT2D eigenvalue weighted by molar-refractivity contribution is 7.91. The van der Waals surface area contributed by atoms with E-state index in [-0.39, 0.29) is 24.1 Å². The van der Waals surface area contributed by atoms with E-state index in [2.05, 4.69) is 0 Å². The molecular weight excluding hydrogens is 292 g/mol. The lowest BCUT2D eigenvalue weighted by atomic mass is 10.1. The number of methoxy groups -OCH3 is 1. The quantitative estimate of drug-likeness (QED) is 0.809. The van der Waals surface area contributed by atoms with Crippen molar-refractivity contribution < 1.29 is 17.9 Å². The summed E-state index contributed by atoms with van der Waals surface area (Å²) < 4.78 is 28.3. The smallest absolute Gasteiger partial charge is 0.231 e. The molecule has 0 spiro atoms. The van der Waals surface area contributed by atoms with Gasteiger partial charge in [0.05, 0.1) is 25.2 Å². The minimum absolute atomic E-state index is 0.0617. The van der Waals surface area contributed by atoms with Gasteiger partial charge >= 0.3 is 0 Å². The zero-order chi connectivity index (χ0) is 15.5. The number of nitrogens with two attached hydrogens (primary N) is 1. The van der Waals surface area contributed by atoms with Crippen molar-refractivity contribution in [1.29, 1.82) is 0 Å². The largest absolute Gasteiger partial charge is 0.497 e. The van der Waals surface area contributed by atoms with Crippen LogP contribution in [0, 0.1) is 0 Å². The maximum Gasteiger partial charge on any atom is 0.231 e. The summed E-state index contributed by atoms with van der Waals surface area (Å²) in [5.41, 5.74) is 6.27. The number of amides is 1. The first-order valence-electron chi connectivity index (χ1n) is 6.75. The lowest BCUT2D eigenvalue weighted by molar-refractivity contribution is -0.119. The molecule has 1 atom stereocenters. The molecule has 0 aromatic heterocycles. The summed E-state index contributed by atoms with van der Waals surface area (Å²) in [6.07, 6.45) is 0.547. The third-order valence-electron chi connectivity index (χ3n) is 3.63. The summed E-state index contributed by atoms with van der Waals surface area (Å²) in [6, 6.07) is 7.32. The predicted octanol–water partition coefficient (Wildman–Crippen LogP) is 0.170. The Kier molecular flexibility index (Phi) is 4.84. The topological polar surface area (TPSA) is 89.7 Å². The minimum atomic E-state index is -2.99. The molecule has 0 unspecified atom stereocenters. The molecule has 0 saturated carbocycles. The van der Waals surface area contributed by atoms with Crippen molar-refractivity contribution in [3.05, 3.63) is 29.8 Å². The number of rotatable bonds is 6. The van der Waals surface area contributed by atoms with Gasteiger partial charge in [0.2, 0.25) is 5.91 Å². The van der Waals surface area contributed by atoms with Gasteiger partial charge in [0.1, 0.15) is 5.75 Å². The Morgan fingerprint density at radius 2 is 2.05 bits per heavy atom. The fourth-order valence-corrected chi connectivity index (χ4v) is 4.30. The van der Waals surface area contributed by atoms with Crippen molar-refractivity contribution >= 4 is 15.7 Å². The molecule has 6 nitrogen and oxygen atoms in total. The van der Waals surface area contributed by atoms with Gasteiger partial charge in [-0.05, 0) is 24.1 Å². The summed E-state index contributed by atoms with van der Waals surface area (Å²) in [5, 5.41) is 0. The average molecular weight is 312 g/mol. The van der Waals surface area contributed by atoms with Crippen LogP contribution >= 0.6 is 0 Å². The first-order valence-corrected chi connectivity index (χ1v) is 8.57. The van der Waals surface area contributed by atoms with Gasteiger partial charge in [-0.2, -0.15) is 0 Å². The van der Waals surface area contributed by atoms with Gasteiger partial charge in [-0.3, -0.25) is 9.69 Å². The van der Waals surface area contributed by atoms with Crippen LogP contribution in [0.1, 0.15) is 12.0 Å². The number of ether oxygens (including phenoxy) is 1. The van der Waals surface area contributed by atoms with Crippen molar-refractivity contribution in [2.45, 2.75) is 19.0 Å². The van der Waals surface area contributed by atoms with Gasteiger partial charge in [0.15, 0.2) is 9.84 Å². The molecule has 1 aliphatic heterocycles. The molecule has 1 aliphatic rings. The molecule has 0 bridgehead atoms. The number of benzene rings is 1. The maximum atomic E-state index is 11.6. The Morgan fingerprint density at radius 1 is 1.38 bits per heavy atom. The van der Waals surface area contributed by atoms with E-state index in [4.69, 9.17) is 10.5 Å². The lowest BCUT2D eigenvalue weighted by Gasteiger charge is -2.26. The van der Waals surface area contributed by atoms with Crippen LogP contribution in [0.25, 0.3) is 0 Å². The molecule has 1 saturated heterocycles. The van der Waals surface area contributed by atoms with E-state index in [0.717, 1.165) is 11.3 Å². The Balaban J connectivity index is 2.10. The van der Waals surface area contributed by atoms with Crippen molar-refractivity contribution in [1.82, 2.24) is 4.90 Å². The van der Waals surface area contributed by atoms with E-state index in [0.29, 0.717) is 13.0 Å². The molecule has 2 rings (SSSR count). The molecule has 116 valence electrons. The third kappa shape index (κ3) is 4.44. The number of hydrogen-bond donors (Lipinski definition) is 1. The van der Waals surface area contributed by atoms with Crippen LogP contribution in [0.5, 0.6) is 5.75 Å². The molecule has 1 fully saturated rings. The molecule has 21 heavy (non-hydrogen) atoms. The Hall–Kier alpha value is -1.60. The minimum Gasteiger partial charge on any atom is -0.497 e. The number of nitrogens with zero attached hydrogens (tertiary/aromatic N) is 1. The number of carbonyl (C=O) groups is 1. The molecule has 1 heterocycles. The maximum absolute atomic E-state index is 11.6. The number of hydrogen-bond acceptors (Lipinski definition) is 5. The van der Waals surface area contributed by atoms with E-state index in [1.165, 1.54) is 0 Å². The highest BCUT2D eigenvalue weighted by Crippen LogP contribution is 2.20. The summed E-state index contributed by atoms with van der Waals surface area (Å²) in [5.74, 6) is 0.572. The van der Waals surface area contributed by atoms with Gasteiger partial charge in [-0.25, -0.2) is 8.42 Å². The summed E-state index contributed by atoms with van der Waals surface area (Å²) in [4.78, 5) is 13.1. The predicted molar refractivity (Wildman–Crippen MR) is 79.7 cm³/mol. The second kappa shape index (κ2) is 6.44. The Labute approximate surface area is 124 Å². The van der Waals surface area contributed by atoms with Crippen molar-refractivity contribution in [3.63, 3.8) is 0 Å². The summed E-state index contributed by atoms with van der Waals surface area (Å²) >= 11 is 0. The molecule has 1 aromatic rings. The van der Waals surface area contributed by atoms with Crippen molar-refractivity contribution in [2.75, 3.05) is 25.2 Å². The van der Waals surface area contributed by atoms with Crippen molar-refractivity contribution in [3.8, 4) is 5.75 Å². The number of sulfone groups is 1. The molecule has 2 N–H and O–H groups in total. The first-order chi connectivity index (χ1) is 9.89. The molecule has 1 amide bonds. The van der Waals surface area contributed by atoms with E-state index in [9.17, 15) is 13.2 Å². The Bertz CT molecular complexity index is 598. The van der Waals surface area contributed by atoms with Gasteiger partial charge in [0, 0.05) is 12.6 Å². The molecule has 0 radical (unpaired) electrons. The molecule has 7 heteroatoms. The van der Waals surface area contributed by atoms with E-state index in [1.54, 1.807) is 7.11 Å². The molecule has 1 aromatic carbocycles. The highest BCUT2D eigenvalue weighted by atomic mass is 32.2. The first kappa shape index (κ1) is 15.8. The normalized spacial score (nSPS) is 20.6. The SMILES string of the molecule is COc1ccc(CN(CC(N)=O)[C@H]2CCS(=O)(=O)C2)cc1. The Morgan fingerprint density at radius 3 is 2.52 bits per heavy atom. The highest BCUT2D eigenvalue weighted by Gasteiger charge is 2.32. The lowest BCUT2D eigenvalue weighted by Crippen LogP contribution is -2.41. The fraction of sp³-hybridized carbons (Fsp3) is 0.500. The third-order valence-corrected chi connectivity index (χ3v) is 5.38. The standard InChI is InChI=1S/C14H20N2O4S/c1-20-13-4-2-11(3-5-13)8-16(9-14(15)17)12-6-7-21(18,19)10-12/h2-5,12H,6-10H2,1H3,(H2,15,17)/t12-/m0/s1. The molecule has 0 aliphatic carbocycles. The zero-order valence-corrected chi connectivity index (χ0v) is 12.8. The van der Waals surface area contributed by atoms with Crippen LogP contribution in [0.4, 0.5) is 0 Å². The summed E-state index contributed by atoms with van der Waals surface area (Å²) in [7, 11) is -1.40. The van der Waals surface area contributed by atoms with Crippen LogP contribution < -0.4 is 10.5 Å². The van der Waals surface area contributed by atoms with Crippen LogP contribution in [-0.4, -0.2) is 50.4 Å². The van der Waals surface area contributed by atoms with Crippen LogP contribution in [0.15, 0.2) is 24.3 Å².